The van der Waals surface area contributed by atoms with E-state index in [0.717, 1.165) is 25.9 Å². The Morgan fingerprint density at radius 2 is 2.30 bits per heavy atom. The van der Waals surface area contributed by atoms with Gasteiger partial charge in [-0.3, -0.25) is 4.79 Å². The van der Waals surface area contributed by atoms with Crippen LogP contribution in [0, 0.1) is 5.92 Å². The number of piperidine rings is 1. The molecular weight excluding hydrogens is 256 g/mol. The number of fused-ring (bicyclic) bond motifs is 1. The summed E-state index contributed by atoms with van der Waals surface area (Å²) < 4.78 is 10.7. The summed E-state index contributed by atoms with van der Waals surface area (Å²) in [6.07, 6.45) is 2.10. The normalized spacial score (nSPS) is 22.7. The Kier molecular flexibility index (Phi) is 3.53. The van der Waals surface area contributed by atoms with Gasteiger partial charge in [-0.25, -0.2) is 0 Å². The van der Waals surface area contributed by atoms with Crippen LogP contribution >= 0.6 is 0 Å². The molecule has 0 aromatic heterocycles. The quantitative estimate of drug-likeness (QED) is 0.891. The van der Waals surface area contributed by atoms with Crippen molar-refractivity contribution < 1.29 is 14.3 Å². The molecule has 2 N–H and O–H groups in total. The van der Waals surface area contributed by atoms with E-state index < -0.39 is 0 Å². The molecule has 0 aliphatic carbocycles. The lowest BCUT2D eigenvalue weighted by Gasteiger charge is -2.34. The van der Waals surface area contributed by atoms with Crippen LogP contribution in [0.25, 0.3) is 0 Å². The van der Waals surface area contributed by atoms with Gasteiger partial charge >= 0.3 is 0 Å². The van der Waals surface area contributed by atoms with Crippen molar-refractivity contribution in [2.45, 2.75) is 25.8 Å². The lowest BCUT2D eigenvalue weighted by atomic mass is 9.92. The second kappa shape index (κ2) is 5.32. The molecule has 0 radical (unpaired) electrons. The molecule has 1 saturated heterocycles. The average molecular weight is 276 g/mol. The zero-order valence-corrected chi connectivity index (χ0v) is 11.7. The second-order valence-electron chi connectivity index (χ2n) is 5.55. The zero-order valence-electron chi connectivity index (χ0n) is 11.7. The molecule has 1 aromatic rings. The summed E-state index contributed by atoms with van der Waals surface area (Å²) in [5.74, 6) is 1.61. The van der Waals surface area contributed by atoms with Crippen molar-refractivity contribution >= 4 is 5.91 Å². The van der Waals surface area contributed by atoms with E-state index in [9.17, 15) is 4.79 Å². The van der Waals surface area contributed by atoms with Crippen molar-refractivity contribution in [1.82, 2.24) is 4.90 Å². The van der Waals surface area contributed by atoms with Gasteiger partial charge in [-0.1, -0.05) is 6.07 Å². The highest BCUT2D eigenvalue weighted by Gasteiger charge is 2.30. The molecule has 108 valence electrons. The van der Waals surface area contributed by atoms with Gasteiger partial charge in [-0.05, 0) is 37.8 Å². The highest BCUT2D eigenvalue weighted by atomic mass is 16.7. The van der Waals surface area contributed by atoms with Crippen LogP contribution in [0.3, 0.4) is 0 Å². The predicted octanol–water partition coefficient (Wildman–Crippen LogP) is 1.61. The molecule has 0 spiro atoms. The molecule has 5 nitrogen and oxygen atoms in total. The minimum atomic E-state index is 0.0118. The lowest BCUT2D eigenvalue weighted by Crippen LogP contribution is -2.45. The average Bonchev–Trinajstić information content (AvgIpc) is 2.95. The van der Waals surface area contributed by atoms with Crippen LogP contribution in [0.15, 0.2) is 18.2 Å². The summed E-state index contributed by atoms with van der Waals surface area (Å²) in [6, 6.07) is 5.56. The first-order valence-corrected chi connectivity index (χ1v) is 7.10. The number of hydrogen-bond acceptors (Lipinski definition) is 4. The Morgan fingerprint density at radius 3 is 3.10 bits per heavy atom. The number of rotatable bonds is 2. The molecule has 5 heteroatoms. The first-order valence-electron chi connectivity index (χ1n) is 7.10. The third-order valence-corrected chi connectivity index (χ3v) is 4.12. The van der Waals surface area contributed by atoms with Crippen LogP contribution in [0.5, 0.6) is 11.5 Å². The molecule has 2 unspecified atom stereocenters. The third kappa shape index (κ3) is 2.33. The number of para-hydroxylation sites is 1. The van der Waals surface area contributed by atoms with Gasteiger partial charge in [0.1, 0.15) is 0 Å². The summed E-state index contributed by atoms with van der Waals surface area (Å²) in [4.78, 5) is 14.6. The summed E-state index contributed by atoms with van der Waals surface area (Å²) >= 11 is 0. The number of likely N-dealkylation sites (tertiary alicyclic amines) is 1. The van der Waals surface area contributed by atoms with Gasteiger partial charge in [-0.2, -0.15) is 0 Å². The molecule has 1 amide bonds. The molecule has 0 saturated carbocycles. The van der Waals surface area contributed by atoms with Gasteiger partial charge in [0.25, 0.3) is 5.91 Å². The molecule has 20 heavy (non-hydrogen) atoms. The molecule has 2 aliphatic rings. The molecule has 3 rings (SSSR count). The maximum Gasteiger partial charge on any atom is 0.257 e. The molecule has 2 heterocycles. The van der Waals surface area contributed by atoms with E-state index >= 15 is 0 Å². The monoisotopic (exact) mass is 276 g/mol. The van der Waals surface area contributed by atoms with Gasteiger partial charge in [-0.15, -0.1) is 0 Å². The number of carbonyl (C=O) groups is 1. The van der Waals surface area contributed by atoms with E-state index in [2.05, 4.69) is 0 Å². The van der Waals surface area contributed by atoms with Crippen LogP contribution in [0.1, 0.15) is 30.1 Å². The van der Waals surface area contributed by atoms with Crippen LogP contribution in [-0.2, 0) is 0 Å². The third-order valence-electron chi connectivity index (χ3n) is 4.12. The minimum Gasteiger partial charge on any atom is -0.454 e. The Labute approximate surface area is 118 Å². The maximum atomic E-state index is 12.7. The fourth-order valence-electron chi connectivity index (χ4n) is 2.89. The summed E-state index contributed by atoms with van der Waals surface area (Å²) in [6.45, 7) is 3.70. The van der Waals surface area contributed by atoms with Crippen LogP contribution < -0.4 is 15.2 Å². The molecule has 1 fully saturated rings. The molecular formula is C15H20N2O3. The molecule has 2 atom stereocenters. The van der Waals surface area contributed by atoms with Gasteiger partial charge in [0, 0.05) is 19.1 Å². The van der Waals surface area contributed by atoms with E-state index in [-0.39, 0.29) is 18.7 Å². The van der Waals surface area contributed by atoms with E-state index in [0.29, 0.717) is 23.0 Å². The Morgan fingerprint density at radius 1 is 1.45 bits per heavy atom. The van der Waals surface area contributed by atoms with Crippen molar-refractivity contribution in [2.24, 2.45) is 11.7 Å². The fourth-order valence-corrected chi connectivity index (χ4v) is 2.89. The van der Waals surface area contributed by atoms with Gasteiger partial charge < -0.3 is 20.1 Å². The van der Waals surface area contributed by atoms with Crippen molar-refractivity contribution in [3.05, 3.63) is 23.8 Å². The number of amides is 1. The minimum absolute atomic E-state index is 0.0118. The number of carbonyl (C=O) groups excluding carboxylic acids is 1. The highest BCUT2D eigenvalue weighted by Crippen LogP contribution is 2.36. The van der Waals surface area contributed by atoms with Gasteiger partial charge in [0.2, 0.25) is 6.79 Å². The molecule has 0 bridgehead atoms. The van der Waals surface area contributed by atoms with E-state index in [1.54, 1.807) is 6.07 Å². The number of hydrogen-bond donors (Lipinski definition) is 1. The Hall–Kier alpha value is -1.75. The number of nitrogens with two attached hydrogens (primary N) is 1. The van der Waals surface area contributed by atoms with E-state index in [1.807, 2.05) is 24.0 Å². The highest BCUT2D eigenvalue weighted by molar-refractivity contribution is 5.98. The fraction of sp³-hybridized carbons (Fsp3) is 0.533. The second-order valence-corrected chi connectivity index (χ2v) is 5.55. The van der Waals surface area contributed by atoms with E-state index in [1.165, 1.54) is 0 Å². The van der Waals surface area contributed by atoms with Gasteiger partial charge in [0.05, 0.1) is 5.56 Å². The lowest BCUT2D eigenvalue weighted by molar-refractivity contribution is 0.0656. The van der Waals surface area contributed by atoms with Crippen LogP contribution in [-0.4, -0.2) is 36.7 Å². The summed E-state index contributed by atoms with van der Waals surface area (Å²) in [5.41, 5.74) is 6.56. The van der Waals surface area contributed by atoms with Crippen LogP contribution in [0.2, 0.25) is 0 Å². The largest absolute Gasteiger partial charge is 0.454 e. The number of ether oxygens (including phenoxy) is 2. The SMILES string of the molecule is CC(N)C1CCCN(C(=O)c2cccc3c2OCO3)C1. The van der Waals surface area contributed by atoms with Crippen LogP contribution in [0.4, 0.5) is 0 Å². The zero-order chi connectivity index (χ0) is 14.1. The predicted molar refractivity (Wildman–Crippen MR) is 74.8 cm³/mol. The Balaban J connectivity index is 1.81. The number of nitrogens with zero attached hydrogens (tertiary/aromatic N) is 1. The van der Waals surface area contributed by atoms with E-state index in [4.69, 9.17) is 15.2 Å². The first-order chi connectivity index (χ1) is 9.66. The van der Waals surface area contributed by atoms with Crippen molar-refractivity contribution in [3.63, 3.8) is 0 Å². The topological polar surface area (TPSA) is 64.8 Å². The Bertz CT molecular complexity index is 516. The summed E-state index contributed by atoms with van der Waals surface area (Å²) in [5, 5.41) is 0. The smallest absolute Gasteiger partial charge is 0.257 e. The maximum absolute atomic E-state index is 12.7. The standard InChI is InChI=1S/C15H20N2O3/c1-10(16)11-4-3-7-17(8-11)15(18)12-5-2-6-13-14(12)20-9-19-13/h2,5-6,10-11H,3-4,7-9,16H2,1H3. The molecule has 2 aliphatic heterocycles. The van der Waals surface area contributed by atoms with Crippen molar-refractivity contribution in [2.75, 3.05) is 19.9 Å². The number of benzene rings is 1. The molecule has 1 aromatic carbocycles. The van der Waals surface area contributed by atoms with Crippen molar-refractivity contribution in [1.29, 1.82) is 0 Å². The van der Waals surface area contributed by atoms with Crippen molar-refractivity contribution in [3.8, 4) is 11.5 Å². The van der Waals surface area contributed by atoms with Gasteiger partial charge in [0.15, 0.2) is 11.5 Å². The summed E-state index contributed by atoms with van der Waals surface area (Å²) in [7, 11) is 0. The first kappa shape index (κ1) is 13.2.